The second-order valence-electron chi connectivity index (χ2n) is 6.94. The van der Waals surface area contributed by atoms with E-state index < -0.39 is 8.25 Å². The Balaban J connectivity index is 0.000000687. The Morgan fingerprint density at radius 2 is 2.10 bits per heavy atom. The van der Waals surface area contributed by atoms with Gasteiger partial charge in [0.05, 0.1) is 22.9 Å². The second-order valence-corrected chi connectivity index (χ2v) is 7.92. The lowest BCUT2D eigenvalue weighted by Gasteiger charge is -2.32. The molecule has 0 aliphatic carbocycles. The van der Waals surface area contributed by atoms with E-state index in [1.54, 1.807) is 13.2 Å². The number of amides is 1. The van der Waals surface area contributed by atoms with E-state index in [2.05, 4.69) is 10.2 Å². The number of carbonyl (C=O) groups excluding carboxylic acids is 1. The van der Waals surface area contributed by atoms with Crippen LogP contribution in [0.25, 0.3) is 0 Å². The molecule has 2 aliphatic heterocycles. The van der Waals surface area contributed by atoms with Crippen LogP contribution in [0.2, 0.25) is 5.02 Å². The summed E-state index contributed by atoms with van der Waals surface area (Å²) in [7, 11) is -1.40. The zero-order chi connectivity index (χ0) is 21.4. The SMILES string of the molecule is COCCCN1CCC(NC(=O)c2cc(Cl)c(N)c3c2OCC3)CC1.O=[PH](O)O. The van der Waals surface area contributed by atoms with Crippen molar-refractivity contribution in [2.24, 2.45) is 0 Å². The number of nitrogen functional groups attached to an aromatic ring is 1. The molecule has 29 heavy (non-hydrogen) atoms. The maximum absolute atomic E-state index is 12.7. The smallest absolute Gasteiger partial charge is 0.314 e. The van der Waals surface area contributed by atoms with Gasteiger partial charge in [-0.05, 0) is 25.3 Å². The van der Waals surface area contributed by atoms with E-state index in [0.717, 1.165) is 51.1 Å². The van der Waals surface area contributed by atoms with Gasteiger partial charge in [-0.2, -0.15) is 0 Å². The quantitative estimate of drug-likeness (QED) is 0.291. The van der Waals surface area contributed by atoms with Gasteiger partial charge < -0.3 is 35.2 Å². The number of methoxy groups -OCH3 is 1. The number of nitrogens with one attached hydrogen (secondary N) is 1. The minimum Gasteiger partial charge on any atom is -0.492 e. The molecule has 9 nitrogen and oxygen atoms in total. The van der Waals surface area contributed by atoms with Crippen molar-refractivity contribution in [3.05, 3.63) is 22.2 Å². The maximum atomic E-state index is 12.7. The van der Waals surface area contributed by atoms with Crippen LogP contribution in [0.5, 0.6) is 5.75 Å². The topological polar surface area (TPSA) is 134 Å². The Hall–Kier alpha value is -1.35. The van der Waals surface area contributed by atoms with Crippen molar-refractivity contribution < 1.29 is 28.6 Å². The number of piperidine rings is 1. The predicted molar refractivity (Wildman–Crippen MR) is 112 cm³/mol. The fraction of sp³-hybridized carbons (Fsp3) is 0.611. The van der Waals surface area contributed by atoms with Gasteiger partial charge in [-0.15, -0.1) is 0 Å². The number of ether oxygens (including phenoxy) is 2. The molecule has 0 aromatic heterocycles. The third kappa shape index (κ3) is 7.13. The van der Waals surface area contributed by atoms with Crippen LogP contribution >= 0.6 is 19.9 Å². The highest BCUT2D eigenvalue weighted by Gasteiger charge is 2.27. The lowest BCUT2D eigenvalue weighted by molar-refractivity contribution is 0.0904. The third-order valence-corrected chi connectivity index (χ3v) is 5.27. The molecule has 11 heteroatoms. The van der Waals surface area contributed by atoms with Gasteiger partial charge in [-0.25, -0.2) is 0 Å². The number of likely N-dealkylation sites (tertiary alicyclic amines) is 1. The first kappa shape index (κ1) is 23.9. The molecule has 1 fully saturated rings. The van der Waals surface area contributed by atoms with Crippen LogP contribution in [-0.4, -0.2) is 66.6 Å². The number of halogens is 1. The van der Waals surface area contributed by atoms with E-state index >= 15 is 0 Å². The van der Waals surface area contributed by atoms with E-state index in [0.29, 0.717) is 35.1 Å². The Labute approximate surface area is 176 Å². The molecule has 0 radical (unpaired) electrons. The fourth-order valence-corrected chi connectivity index (χ4v) is 3.76. The van der Waals surface area contributed by atoms with Crippen LogP contribution in [0.4, 0.5) is 5.69 Å². The van der Waals surface area contributed by atoms with Crippen LogP contribution in [0.15, 0.2) is 6.07 Å². The minimum atomic E-state index is -3.13. The minimum absolute atomic E-state index is 0.127. The first-order valence-corrected chi connectivity index (χ1v) is 11.2. The zero-order valence-electron chi connectivity index (χ0n) is 16.4. The summed E-state index contributed by atoms with van der Waals surface area (Å²) in [6.07, 6.45) is 3.64. The van der Waals surface area contributed by atoms with Gasteiger partial charge in [0.15, 0.2) is 0 Å². The van der Waals surface area contributed by atoms with Crippen molar-refractivity contribution in [3.63, 3.8) is 0 Å². The number of hydrogen-bond donors (Lipinski definition) is 4. The molecule has 0 bridgehead atoms. The largest absolute Gasteiger partial charge is 0.492 e. The van der Waals surface area contributed by atoms with Gasteiger partial charge in [0.1, 0.15) is 5.75 Å². The van der Waals surface area contributed by atoms with Crippen LogP contribution < -0.4 is 15.8 Å². The maximum Gasteiger partial charge on any atom is 0.314 e. The Bertz CT molecular complexity index is 724. The zero-order valence-corrected chi connectivity index (χ0v) is 18.2. The van der Waals surface area contributed by atoms with Crippen LogP contribution in [0, 0.1) is 0 Å². The monoisotopic (exact) mass is 449 g/mol. The van der Waals surface area contributed by atoms with Gasteiger partial charge in [-0.3, -0.25) is 9.36 Å². The molecular weight excluding hydrogens is 421 g/mol. The number of nitrogens with zero attached hydrogens (tertiary/aromatic N) is 1. The van der Waals surface area contributed by atoms with E-state index in [9.17, 15) is 4.79 Å². The normalized spacial score (nSPS) is 16.7. The van der Waals surface area contributed by atoms with Crippen LogP contribution in [0.3, 0.4) is 0 Å². The number of fused-ring (bicyclic) bond motifs is 1. The molecule has 2 heterocycles. The summed E-state index contributed by atoms with van der Waals surface area (Å²) in [6, 6.07) is 1.80. The number of benzene rings is 1. The van der Waals surface area contributed by atoms with Crippen molar-refractivity contribution >= 4 is 31.5 Å². The van der Waals surface area contributed by atoms with Gasteiger partial charge in [0.25, 0.3) is 5.91 Å². The number of rotatable bonds is 6. The molecule has 1 saturated heterocycles. The van der Waals surface area contributed by atoms with Crippen molar-refractivity contribution in [1.82, 2.24) is 10.2 Å². The van der Waals surface area contributed by atoms with Crippen molar-refractivity contribution in [2.75, 3.05) is 45.7 Å². The lowest BCUT2D eigenvalue weighted by Crippen LogP contribution is -2.45. The fourth-order valence-electron chi connectivity index (χ4n) is 3.53. The summed E-state index contributed by atoms with van der Waals surface area (Å²) in [4.78, 5) is 29.4. The van der Waals surface area contributed by atoms with E-state index in [-0.39, 0.29) is 11.9 Å². The standard InChI is InChI=1S/C18H26ClN3O3.H3O3P/c1-24-9-2-6-22-7-3-12(4-8-22)21-18(23)14-11-15(19)16(20)13-5-10-25-17(13)14;1-4(2)3/h11-12H,2-10,20H2,1H3,(H,21,23);4H,(H2,1,2,3). The molecule has 0 atom stereocenters. The lowest BCUT2D eigenvalue weighted by atomic mass is 10.0. The number of carbonyl (C=O) groups is 1. The molecule has 2 aliphatic rings. The molecule has 164 valence electrons. The number of anilines is 1. The van der Waals surface area contributed by atoms with Crippen LogP contribution in [-0.2, 0) is 15.7 Å². The number of nitrogens with two attached hydrogens (primary N) is 1. The average Bonchev–Trinajstić information content (AvgIpc) is 3.16. The molecule has 0 saturated carbocycles. The summed E-state index contributed by atoms with van der Waals surface area (Å²) in [5, 5.41) is 3.55. The van der Waals surface area contributed by atoms with E-state index in [4.69, 9.17) is 41.2 Å². The molecule has 3 rings (SSSR count). The van der Waals surface area contributed by atoms with Gasteiger partial charge in [0.2, 0.25) is 0 Å². The molecule has 1 aromatic rings. The highest BCUT2D eigenvalue weighted by Crippen LogP contribution is 2.38. The van der Waals surface area contributed by atoms with Crippen LogP contribution in [0.1, 0.15) is 35.2 Å². The third-order valence-electron chi connectivity index (χ3n) is 4.96. The van der Waals surface area contributed by atoms with Gasteiger partial charge in [0, 0.05) is 51.4 Å². The molecule has 1 amide bonds. The van der Waals surface area contributed by atoms with Gasteiger partial charge >= 0.3 is 8.25 Å². The summed E-state index contributed by atoms with van der Waals surface area (Å²) in [6.45, 7) is 4.36. The highest BCUT2D eigenvalue weighted by molar-refractivity contribution is 7.30. The molecule has 1 aromatic carbocycles. The van der Waals surface area contributed by atoms with Crippen molar-refractivity contribution in [1.29, 1.82) is 0 Å². The van der Waals surface area contributed by atoms with Gasteiger partial charge in [-0.1, -0.05) is 11.6 Å². The predicted octanol–water partition coefficient (Wildman–Crippen LogP) is 1.45. The average molecular weight is 450 g/mol. The number of hydrogen-bond acceptors (Lipinski definition) is 6. The highest BCUT2D eigenvalue weighted by atomic mass is 35.5. The molecule has 5 N–H and O–H groups in total. The molecule has 0 unspecified atom stereocenters. The van der Waals surface area contributed by atoms with Crippen molar-refractivity contribution in [3.8, 4) is 5.75 Å². The first-order valence-electron chi connectivity index (χ1n) is 9.51. The Morgan fingerprint density at radius 1 is 1.45 bits per heavy atom. The summed E-state index contributed by atoms with van der Waals surface area (Å²) in [5.74, 6) is 0.467. The van der Waals surface area contributed by atoms with E-state index in [1.165, 1.54) is 0 Å². The molecular formula is C18H29ClN3O6P. The summed E-state index contributed by atoms with van der Waals surface area (Å²) >= 11 is 6.19. The summed E-state index contributed by atoms with van der Waals surface area (Å²) in [5.41, 5.74) is 7.86. The van der Waals surface area contributed by atoms with Crippen molar-refractivity contribution in [2.45, 2.75) is 31.7 Å². The Kier molecular flexibility index (Phi) is 9.68. The van der Waals surface area contributed by atoms with E-state index in [1.807, 2.05) is 0 Å². The first-order chi connectivity index (χ1) is 13.8. The Morgan fingerprint density at radius 3 is 2.72 bits per heavy atom. The summed E-state index contributed by atoms with van der Waals surface area (Å²) < 4.78 is 19.5. The second kappa shape index (κ2) is 11.7. The molecule has 0 spiro atoms.